The van der Waals surface area contributed by atoms with Gasteiger partial charge in [0.2, 0.25) is 11.8 Å². The summed E-state index contributed by atoms with van der Waals surface area (Å²) in [7, 11) is 0. The van der Waals surface area contributed by atoms with Crippen molar-refractivity contribution in [1.82, 2.24) is 20.9 Å². The number of benzene rings is 1. The van der Waals surface area contributed by atoms with E-state index in [0.29, 0.717) is 17.1 Å². The Kier molecular flexibility index (Phi) is 7.34. The maximum Gasteiger partial charge on any atom is 0.321 e. The maximum atomic E-state index is 13.2. The number of aryl methyl sites for hydroxylation is 1. The van der Waals surface area contributed by atoms with Gasteiger partial charge in [-0.3, -0.25) is 14.9 Å². The lowest BCUT2D eigenvalue weighted by Crippen LogP contribution is -2.45. The highest BCUT2D eigenvalue weighted by Gasteiger charge is 2.53. The molecule has 1 saturated carbocycles. The summed E-state index contributed by atoms with van der Waals surface area (Å²) in [6.45, 7) is 2.19. The first-order chi connectivity index (χ1) is 16.4. The molecule has 4 rings (SSSR count). The topological polar surface area (TPSA) is 124 Å². The Morgan fingerprint density at radius 2 is 2.03 bits per heavy atom. The number of rotatable bonds is 6. The van der Waals surface area contributed by atoms with Crippen LogP contribution in [0.25, 0.3) is 0 Å². The number of carbonyl (C=O) groups excluding carboxylic acids is 3. The third-order valence-electron chi connectivity index (χ3n) is 6.16. The number of carbonyl (C=O) groups is 3. The quantitative estimate of drug-likeness (QED) is 0.561. The summed E-state index contributed by atoms with van der Waals surface area (Å²) in [5, 5.41) is 20.9. The molecule has 0 saturated heterocycles. The standard InChI is InChI=1S/C24H25N5O3S2/c1-15-13-33-22(27-15)19-20(31)29-21(17(11-25)24(19)9-5-6-10-24)34-14-18(30)28-23(32)26-12-16-7-3-2-4-8-16/h2-4,7-8,13,19H,5-6,9-10,12,14H2,1H3,(H,29,31)(H2,26,28,30,32)/t19-/m0/s1. The molecule has 4 amide bonds. The molecule has 1 aromatic carbocycles. The number of nitriles is 1. The van der Waals surface area contributed by atoms with Crippen molar-refractivity contribution in [2.24, 2.45) is 5.41 Å². The second-order valence-corrected chi connectivity index (χ2v) is 10.3. The molecular formula is C24H25N5O3S2. The number of hydrogen-bond acceptors (Lipinski definition) is 7. The fourth-order valence-electron chi connectivity index (χ4n) is 4.66. The lowest BCUT2D eigenvalue weighted by Gasteiger charge is -2.40. The van der Waals surface area contributed by atoms with Crippen LogP contribution in [0.2, 0.25) is 0 Å². The highest BCUT2D eigenvalue weighted by molar-refractivity contribution is 8.03. The molecule has 2 heterocycles. The summed E-state index contributed by atoms with van der Waals surface area (Å²) in [4.78, 5) is 42.2. The zero-order valence-electron chi connectivity index (χ0n) is 18.7. The Hall–Kier alpha value is -3.16. The van der Waals surface area contributed by atoms with Crippen LogP contribution in [0.4, 0.5) is 4.79 Å². The van der Waals surface area contributed by atoms with Gasteiger partial charge in [0, 0.05) is 23.0 Å². The van der Waals surface area contributed by atoms with E-state index < -0.39 is 23.3 Å². The van der Waals surface area contributed by atoms with Gasteiger partial charge in [-0.05, 0) is 25.3 Å². The molecule has 3 N–H and O–H groups in total. The third kappa shape index (κ3) is 5.00. The number of thiazole rings is 1. The SMILES string of the molecule is Cc1csc([C@@H]2C(=O)NC(SCC(=O)NC(=O)NCc3ccccc3)=C(C#N)C23CCCC3)n1. The monoisotopic (exact) mass is 495 g/mol. The van der Waals surface area contributed by atoms with Crippen LogP contribution in [0, 0.1) is 23.7 Å². The van der Waals surface area contributed by atoms with Gasteiger partial charge in [-0.15, -0.1) is 11.3 Å². The Balaban J connectivity index is 1.44. The molecule has 0 bridgehead atoms. The first kappa shape index (κ1) is 24.0. The van der Waals surface area contributed by atoms with E-state index in [4.69, 9.17) is 0 Å². The first-order valence-corrected chi connectivity index (χ1v) is 12.9. The van der Waals surface area contributed by atoms with Crippen molar-refractivity contribution in [3.63, 3.8) is 0 Å². The average Bonchev–Trinajstić information content (AvgIpc) is 3.47. The zero-order valence-corrected chi connectivity index (χ0v) is 20.4. The summed E-state index contributed by atoms with van der Waals surface area (Å²) >= 11 is 2.52. The molecule has 1 aliphatic heterocycles. The second-order valence-electron chi connectivity index (χ2n) is 8.43. The van der Waals surface area contributed by atoms with Crippen molar-refractivity contribution in [1.29, 1.82) is 5.26 Å². The maximum absolute atomic E-state index is 13.2. The van der Waals surface area contributed by atoms with Gasteiger partial charge in [0.1, 0.15) is 10.9 Å². The highest BCUT2D eigenvalue weighted by atomic mass is 32.2. The summed E-state index contributed by atoms with van der Waals surface area (Å²) in [6.07, 6.45) is 3.31. The predicted octanol–water partition coefficient (Wildman–Crippen LogP) is 3.72. The Morgan fingerprint density at radius 3 is 2.68 bits per heavy atom. The number of amides is 4. The Morgan fingerprint density at radius 1 is 1.29 bits per heavy atom. The van der Waals surface area contributed by atoms with Crippen LogP contribution in [0.1, 0.15) is 47.9 Å². The normalized spacial score (nSPS) is 18.9. The molecule has 1 aliphatic carbocycles. The smallest absolute Gasteiger partial charge is 0.321 e. The van der Waals surface area contributed by atoms with Crippen molar-refractivity contribution in [2.45, 2.75) is 45.1 Å². The molecule has 8 nitrogen and oxygen atoms in total. The third-order valence-corrected chi connectivity index (χ3v) is 8.19. The molecule has 34 heavy (non-hydrogen) atoms. The molecule has 10 heteroatoms. The second kappa shape index (κ2) is 10.4. The molecule has 1 atom stereocenters. The molecular weight excluding hydrogens is 470 g/mol. The molecule has 2 aromatic rings. The Labute approximate surface area is 206 Å². The Bertz CT molecular complexity index is 1160. The number of nitrogens with zero attached hydrogens (tertiary/aromatic N) is 2. The van der Waals surface area contributed by atoms with Gasteiger partial charge < -0.3 is 10.6 Å². The number of hydrogen-bond donors (Lipinski definition) is 3. The van der Waals surface area contributed by atoms with Crippen LogP contribution in [0.5, 0.6) is 0 Å². The van der Waals surface area contributed by atoms with Crippen molar-refractivity contribution < 1.29 is 14.4 Å². The average molecular weight is 496 g/mol. The summed E-state index contributed by atoms with van der Waals surface area (Å²) < 4.78 is 0. The first-order valence-electron chi connectivity index (χ1n) is 11.0. The van der Waals surface area contributed by atoms with Crippen LogP contribution in [-0.4, -0.2) is 28.6 Å². The lowest BCUT2D eigenvalue weighted by molar-refractivity contribution is -0.125. The van der Waals surface area contributed by atoms with Gasteiger partial charge >= 0.3 is 6.03 Å². The number of thioether (sulfide) groups is 1. The number of imide groups is 1. The molecule has 2 aliphatic rings. The largest absolute Gasteiger partial charge is 0.334 e. The highest BCUT2D eigenvalue weighted by Crippen LogP contribution is 2.57. The van der Waals surface area contributed by atoms with E-state index in [1.807, 2.05) is 42.6 Å². The van der Waals surface area contributed by atoms with Crippen LogP contribution in [0.15, 0.2) is 46.3 Å². The van der Waals surface area contributed by atoms with E-state index in [-0.39, 0.29) is 11.7 Å². The molecule has 176 valence electrons. The minimum Gasteiger partial charge on any atom is -0.334 e. The number of nitrogens with one attached hydrogen (secondary N) is 3. The summed E-state index contributed by atoms with van der Waals surface area (Å²) in [5.41, 5.74) is 1.67. The number of aromatic nitrogens is 1. The number of allylic oxidation sites excluding steroid dienone is 1. The van der Waals surface area contributed by atoms with E-state index in [1.165, 1.54) is 11.3 Å². The van der Waals surface area contributed by atoms with Gasteiger partial charge in [-0.1, -0.05) is 54.9 Å². The van der Waals surface area contributed by atoms with Gasteiger partial charge in [-0.2, -0.15) is 5.26 Å². The fraction of sp³-hybridized carbons (Fsp3) is 0.375. The van der Waals surface area contributed by atoms with Gasteiger partial charge in [-0.25, -0.2) is 9.78 Å². The molecule has 1 fully saturated rings. The van der Waals surface area contributed by atoms with Crippen LogP contribution < -0.4 is 16.0 Å². The van der Waals surface area contributed by atoms with E-state index in [0.717, 1.165) is 53.7 Å². The molecule has 0 unspecified atom stereocenters. The van der Waals surface area contributed by atoms with E-state index in [2.05, 4.69) is 27.0 Å². The minimum absolute atomic E-state index is 0.101. The van der Waals surface area contributed by atoms with E-state index in [9.17, 15) is 19.6 Å². The van der Waals surface area contributed by atoms with Gasteiger partial charge in [0.25, 0.3) is 0 Å². The van der Waals surface area contributed by atoms with Crippen LogP contribution in [0.3, 0.4) is 0 Å². The van der Waals surface area contributed by atoms with Crippen molar-refractivity contribution >= 4 is 40.9 Å². The molecule has 0 radical (unpaired) electrons. The molecule has 1 spiro atoms. The van der Waals surface area contributed by atoms with Crippen molar-refractivity contribution in [2.75, 3.05) is 5.75 Å². The van der Waals surface area contributed by atoms with E-state index in [1.54, 1.807) is 0 Å². The summed E-state index contributed by atoms with van der Waals surface area (Å²) in [6, 6.07) is 11.1. The predicted molar refractivity (Wildman–Crippen MR) is 131 cm³/mol. The fourth-order valence-corrected chi connectivity index (χ4v) is 6.58. The zero-order chi connectivity index (χ0) is 24.1. The number of urea groups is 1. The van der Waals surface area contributed by atoms with E-state index >= 15 is 0 Å². The molecule has 1 aromatic heterocycles. The van der Waals surface area contributed by atoms with Gasteiger partial charge in [0.05, 0.1) is 22.4 Å². The van der Waals surface area contributed by atoms with Gasteiger partial charge in [0.15, 0.2) is 0 Å². The van der Waals surface area contributed by atoms with Crippen molar-refractivity contribution in [3.8, 4) is 6.07 Å². The summed E-state index contributed by atoms with van der Waals surface area (Å²) in [5.74, 6) is -1.31. The van der Waals surface area contributed by atoms with Crippen LogP contribution >= 0.6 is 23.1 Å². The van der Waals surface area contributed by atoms with Crippen molar-refractivity contribution in [3.05, 3.63) is 62.6 Å². The lowest BCUT2D eigenvalue weighted by atomic mass is 9.67. The minimum atomic E-state index is -0.604. The van der Waals surface area contributed by atoms with Crippen LogP contribution in [-0.2, 0) is 16.1 Å².